The van der Waals surface area contributed by atoms with Crippen LogP contribution in [0.15, 0.2) is 23.4 Å². The zero-order valence-corrected chi connectivity index (χ0v) is 14.2. The Hall–Kier alpha value is -3.23. The third-order valence-corrected chi connectivity index (χ3v) is 5.31. The monoisotopic (exact) mass is 351 g/mol. The number of amides is 1. The molecule has 0 saturated heterocycles. The van der Waals surface area contributed by atoms with E-state index < -0.39 is 5.66 Å². The Morgan fingerprint density at radius 1 is 1.23 bits per heavy atom. The fourth-order valence-corrected chi connectivity index (χ4v) is 4.15. The second kappa shape index (κ2) is 5.13. The first-order valence-corrected chi connectivity index (χ1v) is 8.60. The minimum atomic E-state index is -0.595. The summed E-state index contributed by atoms with van der Waals surface area (Å²) in [6.07, 6.45) is 6.54. The number of hydrogen-bond acceptors (Lipinski definition) is 6. The van der Waals surface area contributed by atoms with Crippen LogP contribution < -0.4 is 16.2 Å². The number of aromatic nitrogens is 5. The molecule has 4 heterocycles. The summed E-state index contributed by atoms with van der Waals surface area (Å²) in [7, 11) is 0. The molecule has 3 aromatic rings. The highest BCUT2D eigenvalue weighted by molar-refractivity contribution is 5.97. The summed E-state index contributed by atoms with van der Waals surface area (Å²) in [6.45, 7) is 1.84. The predicted molar refractivity (Wildman–Crippen MR) is 94.3 cm³/mol. The Balaban J connectivity index is 1.68. The molecule has 1 aliphatic carbocycles. The molecule has 0 bridgehead atoms. The van der Waals surface area contributed by atoms with Crippen molar-refractivity contribution in [2.75, 3.05) is 5.32 Å². The zero-order chi connectivity index (χ0) is 17.9. The van der Waals surface area contributed by atoms with Crippen molar-refractivity contribution in [1.82, 2.24) is 30.0 Å². The Bertz CT molecular complexity index is 1110. The molecule has 1 fully saturated rings. The number of aryl methyl sites for hydroxylation is 1. The number of hydrogen-bond donors (Lipinski definition) is 3. The number of anilines is 2. The lowest BCUT2D eigenvalue weighted by Gasteiger charge is -2.26. The normalized spacial score (nSPS) is 17.7. The Morgan fingerprint density at radius 2 is 2.04 bits per heavy atom. The van der Waals surface area contributed by atoms with Crippen LogP contribution in [-0.2, 0) is 5.66 Å². The number of fused-ring (bicyclic) bond motifs is 3. The smallest absolute Gasteiger partial charge is 0.276 e. The maximum Gasteiger partial charge on any atom is 0.276 e. The van der Waals surface area contributed by atoms with E-state index in [0.717, 1.165) is 31.2 Å². The number of nitrogens with one attached hydrogen (secondary N) is 3. The maximum absolute atomic E-state index is 13.2. The molecule has 0 aromatic carbocycles. The van der Waals surface area contributed by atoms with Gasteiger partial charge in [0.1, 0.15) is 29.2 Å². The van der Waals surface area contributed by atoms with Crippen molar-refractivity contribution < 1.29 is 4.79 Å². The molecule has 5 rings (SSSR count). The van der Waals surface area contributed by atoms with Gasteiger partial charge in [0.05, 0.1) is 11.6 Å². The summed E-state index contributed by atoms with van der Waals surface area (Å²) in [5.41, 5.74) is 1.37. The summed E-state index contributed by atoms with van der Waals surface area (Å²) in [5, 5.41) is 13.6. The molecule has 2 aliphatic rings. The van der Waals surface area contributed by atoms with Crippen LogP contribution in [-0.4, -0.2) is 30.6 Å². The minimum absolute atomic E-state index is 0.174. The minimum Gasteiger partial charge on any atom is -0.335 e. The molecule has 0 unspecified atom stereocenters. The van der Waals surface area contributed by atoms with Gasteiger partial charge in [0.2, 0.25) is 0 Å². The van der Waals surface area contributed by atoms with Crippen molar-refractivity contribution in [3.8, 4) is 0 Å². The summed E-state index contributed by atoms with van der Waals surface area (Å²) in [5.74, 6) is 0.325. The Kier molecular flexibility index (Phi) is 2.97. The van der Waals surface area contributed by atoms with Gasteiger partial charge in [-0.15, -0.1) is 0 Å². The first-order chi connectivity index (χ1) is 12.6. The molecule has 1 aliphatic heterocycles. The summed E-state index contributed by atoms with van der Waals surface area (Å²) < 4.78 is 1.65. The lowest BCUT2D eigenvalue weighted by atomic mass is 10.1. The number of rotatable bonds is 2. The van der Waals surface area contributed by atoms with Crippen LogP contribution in [0.3, 0.4) is 0 Å². The topological polar surface area (TPSA) is 118 Å². The number of nitrogens with zero attached hydrogens (tertiary/aromatic N) is 4. The van der Waals surface area contributed by atoms with Gasteiger partial charge in [-0.2, -0.15) is 5.10 Å². The predicted octanol–water partition coefficient (Wildman–Crippen LogP) is 1.54. The van der Waals surface area contributed by atoms with E-state index in [0.29, 0.717) is 28.2 Å². The van der Waals surface area contributed by atoms with Gasteiger partial charge < -0.3 is 10.6 Å². The fraction of sp³-hybridized carbons (Fsp3) is 0.353. The van der Waals surface area contributed by atoms with E-state index >= 15 is 0 Å². The molecule has 1 amide bonds. The van der Waals surface area contributed by atoms with Crippen molar-refractivity contribution in [2.45, 2.75) is 38.3 Å². The maximum atomic E-state index is 13.2. The van der Waals surface area contributed by atoms with Crippen LogP contribution in [0.2, 0.25) is 0 Å². The van der Waals surface area contributed by atoms with E-state index in [1.165, 1.54) is 6.33 Å². The number of H-pyrrole nitrogens is 1. The van der Waals surface area contributed by atoms with Gasteiger partial charge in [0.25, 0.3) is 11.5 Å². The standard InChI is InChI=1S/C17H17N7O2/c1-9-6-11(21-13-10-7-20-23-14(10)19-8-18-13)16(26)24-12(9)15(25)22-17(24)4-2-3-5-17/h6-8H,2-5H2,1H3,(H,22,25)(H2,18,19,20,21,23). The second-order valence-electron chi connectivity index (χ2n) is 6.90. The van der Waals surface area contributed by atoms with Gasteiger partial charge in [-0.3, -0.25) is 19.3 Å². The van der Waals surface area contributed by atoms with Crippen molar-refractivity contribution in [2.24, 2.45) is 0 Å². The van der Waals surface area contributed by atoms with Crippen molar-refractivity contribution in [3.05, 3.63) is 40.2 Å². The first-order valence-electron chi connectivity index (χ1n) is 8.60. The Morgan fingerprint density at radius 3 is 2.85 bits per heavy atom. The third-order valence-electron chi connectivity index (χ3n) is 5.31. The number of aromatic amines is 1. The highest BCUT2D eigenvalue weighted by atomic mass is 16.2. The van der Waals surface area contributed by atoms with Crippen molar-refractivity contribution in [1.29, 1.82) is 0 Å². The van der Waals surface area contributed by atoms with Gasteiger partial charge in [-0.25, -0.2) is 9.97 Å². The number of carbonyl (C=O) groups excluding carboxylic acids is 1. The van der Waals surface area contributed by atoms with Gasteiger partial charge in [0, 0.05) is 0 Å². The van der Waals surface area contributed by atoms with Gasteiger partial charge in [0.15, 0.2) is 5.65 Å². The van der Waals surface area contributed by atoms with E-state index in [-0.39, 0.29) is 11.5 Å². The van der Waals surface area contributed by atoms with Crippen LogP contribution in [0.4, 0.5) is 11.5 Å². The molecule has 3 N–H and O–H groups in total. The van der Waals surface area contributed by atoms with E-state index in [1.807, 2.05) is 6.92 Å². The first kappa shape index (κ1) is 15.1. The Labute approximate surface area is 147 Å². The average Bonchev–Trinajstić information content (AvgIpc) is 3.32. The fourth-order valence-electron chi connectivity index (χ4n) is 4.15. The lowest BCUT2D eigenvalue weighted by Crippen LogP contribution is -2.45. The van der Waals surface area contributed by atoms with Crippen LogP contribution in [0.25, 0.3) is 11.0 Å². The molecule has 1 saturated carbocycles. The highest BCUT2D eigenvalue weighted by Crippen LogP contribution is 2.38. The molecule has 0 radical (unpaired) electrons. The van der Waals surface area contributed by atoms with Gasteiger partial charge >= 0.3 is 0 Å². The van der Waals surface area contributed by atoms with E-state index in [1.54, 1.807) is 16.8 Å². The molecule has 9 heteroatoms. The average molecular weight is 351 g/mol. The molecule has 0 atom stereocenters. The van der Waals surface area contributed by atoms with E-state index in [9.17, 15) is 9.59 Å². The van der Waals surface area contributed by atoms with Gasteiger partial charge in [-0.1, -0.05) is 0 Å². The van der Waals surface area contributed by atoms with Gasteiger partial charge in [-0.05, 0) is 44.2 Å². The van der Waals surface area contributed by atoms with Crippen LogP contribution >= 0.6 is 0 Å². The molecule has 132 valence electrons. The third kappa shape index (κ3) is 1.94. The van der Waals surface area contributed by atoms with Crippen LogP contribution in [0.5, 0.6) is 0 Å². The summed E-state index contributed by atoms with van der Waals surface area (Å²) >= 11 is 0. The molecule has 3 aromatic heterocycles. The molecule has 1 spiro atoms. The number of carbonyl (C=O) groups is 1. The van der Waals surface area contributed by atoms with Crippen molar-refractivity contribution >= 4 is 28.4 Å². The molecule has 26 heavy (non-hydrogen) atoms. The SMILES string of the molecule is Cc1cc(Nc2ncnc3[nH]ncc23)c(=O)n2c1C(=O)NC21CCCC1. The van der Waals surface area contributed by atoms with Crippen LogP contribution in [0.1, 0.15) is 41.7 Å². The molecule has 9 nitrogen and oxygen atoms in total. The number of pyridine rings is 1. The molecular weight excluding hydrogens is 334 g/mol. The second-order valence-corrected chi connectivity index (χ2v) is 6.90. The quantitative estimate of drug-likeness (QED) is 0.644. The van der Waals surface area contributed by atoms with Crippen LogP contribution in [0, 0.1) is 6.92 Å². The van der Waals surface area contributed by atoms with E-state index in [4.69, 9.17) is 0 Å². The van der Waals surface area contributed by atoms with Crippen molar-refractivity contribution in [3.63, 3.8) is 0 Å². The zero-order valence-electron chi connectivity index (χ0n) is 14.2. The summed E-state index contributed by atoms with van der Waals surface area (Å²) in [4.78, 5) is 34.1. The highest BCUT2D eigenvalue weighted by Gasteiger charge is 2.46. The van der Waals surface area contributed by atoms with E-state index in [2.05, 4.69) is 30.8 Å². The largest absolute Gasteiger partial charge is 0.335 e. The molecular formula is C17H17N7O2. The summed E-state index contributed by atoms with van der Waals surface area (Å²) in [6, 6.07) is 1.70. The lowest BCUT2D eigenvalue weighted by molar-refractivity contribution is 0.0920.